The van der Waals surface area contributed by atoms with E-state index in [-0.39, 0.29) is 12.3 Å². The van der Waals surface area contributed by atoms with Gasteiger partial charge in [-0.25, -0.2) is 0 Å². The number of rotatable bonds is 6. The van der Waals surface area contributed by atoms with Gasteiger partial charge < -0.3 is 5.11 Å². The molecule has 3 aromatic rings. The van der Waals surface area contributed by atoms with Gasteiger partial charge in [0.2, 0.25) is 0 Å². The minimum atomic E-state index is -0.871. The van der Waals surface area contributed by atoms with Crippen LogP contribution in [0, 0.1) is 0 Å². The summed E-state index contributed by atoms with van der Waals surface area (Å²) in [6, 6.07) is 14.7. The number of aliphatic carboxylic acids is 1. The molecule has 0 aliphatic rings. The number of amides is 1. The lowest BCUT2D eigenvalue weighted by molar-refractivity contribution is -0.136. The molecule has 0 spiro atoms. The molecule has 0 fully saturated rings. The van der Waals surface area contributed by atoms with E-state index < -0.39 is 5.97 Å². The van der Waals surface area contributed by atoms with E-state index in [1.807, 2.05) is 29.6 Å². The van der Waals surface area contributed by atoms with E-state index in [0.717, 1.165) is 20.7 Å². The molecule has 2 N–H and O–H groups in total. The number of carbonyl (C=O) groups excluding carboxylic acids is 1. The summed E-state index contributed by atoms with van der Waals surface area (Å²) in [6.45, 7) is 0. The molecule has 0 atom stereocenters. The Bertz CT molecular complexity index is 886. The number of carboxylic acid groups (broad SMARTS) is 1. The molecule has 0 aliphatic heterocycles. The van der Waals surface area contributed by atoms with Crippen LogP contribution in [0.4, 0.5) is 0 Å². The quantitative estimate of drug-likeness (QED) is 0.623. The molecular weight excluding hydrogens is 404 g/mol. The lowest BCUT2D eigenvalue weighted by Crippen LogP contribution is -2.25. The van der Waals surface area contributed by atoms with Gasteiger partial charge in [-0.05, 0) is 47.8 Å². The Balaban J connectivity index is 1.91. The topological polar surface area (TPSA) is 71.3 Å². The van der Waals surface area contributed by atoms with Gasteiger partial charge in [0.15, 0.2) is 0 Å². The fourth-order valence-electron chi connectivity index (χ4n) is 2.43. The molecule has 25 heavy (non-hydrogen) atoms. The van der Waals surface area contributed by atoms with E-state index in [2.05, 4.69) is 21.4 Å². The molecule has 0 radical (unpaired) electrons. The first kappa shape index (κ1) is 17.4. The van der Waals surface area contributed by atoms with Crippen LogP contribution in [-0.2, 0) is 11.2 Å². The van der Waals surface area contributed by atoms with Gasteiger partial charge in [0.05, 0.1) is 17.0 Å². The number of hydrogen-bond donors (Lipinski definition) is 2. The summed E-state index contributed by atoms with van der Waals surface area (Å²) in [4.78, 5) is 24.5. The maximum absolute atomic E-state index is 12.6. The Hall–Kier alpha value is -2.38. The maximum atomic E-state index is 12.6. The average Bonchev–Trinajstić information content (AvgIpc) is 3.23. The fourth-order valence-corrected chi connectivity index (χ4v) is 3.43. The molecule has 0 bridgehead atoms. The predicted molar refractivity (Wildman–Crippen MR) is 102 cm³/mol. The molecule has 1 amide bonds. The Morgan fingerprint density at radius 2 is 1.88 bits per heavy atom. The third-order valence-electron chi connectivity index (χ3n) is 3.65. The Morgan fingerprint density at radius 1 is 1.12 bits per heavy atom. The molecule has 5 nitrogen and oxygen atoms in total. The van der Waals surface area contributed by atoms with Crippen molar-refractivity contribution in [2.24, 2.45) is 0 Å². The largest absolute Gasteiger partial charge is 0.481 e. The fraction of sp³-hybridized carbons (Fsp3) is 0.111. The lowest BCUT2D eigenvalue weighted by atomic mass is 10.2. The van der Waals surface area contributed by atoms with Crippen LogP contribution in [0.2, 0.25) is 0 Å². The first-order chi connectivity index (χ1) is 12.0. The standard InChI is InChI=1S/C18H15BrN2O3S/c19-13-5-3-12(4-6-13)18(24)20-21-14(8-10-17(22)23)7-9-15(21)16-2-1-11-25-16/h1-7,9,11H,8,10H2,(H,20,24)(H,22,23). The molecule has 0 aliphatic carbocycles. The predicted octanol–water partition coefficient (Wildman–Crippen LogP) is 4.38. The number of thiophene rings is 1. The van der Waals surface area contributed by atoms with Crippen LogP contribution in [-0.4, -0.2) is 21.7 Å². The second-order valence-electron chi connectivity index (χ2n) is 5.36. The number of aryl methyl sites for hydroxylation is 1. The molecule has 0 unspecified atom stereocenters. The Kier molecular flexibility index (Phi) is 5.35. The first-order valence-corrected chi connectivity index (χ1v) is 9.25. The second kappa shape index (κ2) is 7.67. The van der Waals surface area contributed by atoms with E-state index >= 15 is 0 Å². The molecule has 2 aromatic heterocycles. The van der Waals surface area contributed by atoms with Crippen LogP contribution in [0.5, 0.6) is 0 Å². The van der Waals surface area contributed by atoms with Crippen LogP contribution in [0.1, 0.15) is 22.5 Å². The summed E-state index contributed by atoms with van der Waals surface area (Å²) in [7, 11) is 0. The van der Waals surface area contributed by atoms with Gasteiger partial charge in [-0.15, -0.1) is 11.3 Å². The monoisotopic (exact) mass is 418 g/mol. The molecule has 0 saturated heterocycles. The van der Waals surface area contributed by atoms with Crippen LogP contribution in [0.15, 0.2) is 58.4 Å². The van der Waals surface area contributed by atoms with Gasteiger partial charge in [-0.3, -0.25) is 19.7 Å². The third kappa shape index (κ3) is 4.18. The highest BCUT2D eigenvalue weighted by atomic mass is 79.9. The highest BCUT2D eigenvalue weighted by Crippen LogP contribution is 2.27. The Labute approximate surface area is 157 Å². The molecule has 2 heterocycles. The number of carboxylic acids is 1. The van der Waals surface area contributed by atoms with Gasteiger partial charge in [0, 0.05) is 22.2 Å². The molecule has 0 saturated carbocycles. The number of nitrogens with zero attached hydrogens (tertiary/aromatic N) is 1. The van der Waals surface area contributed by atoms with Crippen molar-refractivity contribution in [3.63, 3.8) is 0 Å². The zero-order chi connectivity index (χ0) is 17.8. The highest BCUT2D eigenvalue weighted by molar-refractivity contribution is 9.10. The third-order valence-corrected chi connectivity index (χ3v) is 5.07. The van der Waals surface area contributed by atoms with Crippen molar-refractivity contribution in [2.75, 3.05) is 5.43 Å². The van der Waals surface area contributed by atoms with E-state index in [4.69, 9.17) is 5.11 Å². The summed E-state index contributed by atoms with van der Waals surface area (Å²) in [5.74, 6) is -1.12. The van der Waals surface area contributed by atoms with Crippen molar-refractivity contribution < 1.29 is 14.7 Å². The van der Waals surface area contributed by atoms with Crippen LogP contribution in [0.25, 0.3) is 10.6 Å². The number of benzene rings is 1. The first-order valence-electron chi connectivity index (χ1n) is 7.58. The molecule has 1 aromatic carbocycles. The van der Waals surface area contributed by atoms with Crippen molar-refractivity contribution in [2.45, 2.75) is 12.8 Å². The lowest BCUT2D eigenvalue weighted by Gasteiger charge is -2.14. The van der Waals surface area contributed by atoms with Gasteiger partial charge in [-0.1, -0.05) is 22.0 Å². The highest BCUT2D eigenvalue weighted by Gasteiger charge is 2.15. The van der Waals surface area contributed by atoms with Crippen molar-refractivity contribution in [1.82, 2.24) is 4.68 Å². The van der Waals surface area contributed by atoms with Crippen LogP contribution >= 0.6 is 27.3 Å². The number of nitrogens with one attached hydrogen (secondary N) is 1. The molecule has 7 heteroatoms. The minimum Gasteiger partial charge on any atom is -0.481 e. The molecule has 128 valence electrons. The van der Waals surface area contributed by atoms with Gasteiger partial charge in [0.25, 0.3) is 5.91 Å². The summed E-state index contributed by atoms with van der Waals surface area (Å²) >= 11 is 4.91. The average molecular weight is 419 g/mol. The maximum Gasteiger partial charge on any atom is 0.303 e. The van der Waals surface area contributed by atoms with Gasteiger partial charge >= 0.3 is 5.97 Å². The smallest absolute Gasteiger partial charge is 0.303 e. The van der Waals surface area contributed by atoms with Crippen LogP contribution in [0.3, 0.4) is 0 Å². The van der Waals surface area contributed by atoms with E-state index in [1.165, 1.54) is 0 Å². The van der Waals surface area contributed by atoms with Gasteiger partial charge in [0.1, 0.15) is 0 Å². The number of hydrogen-bond acceptors (Lipinski definition) is 3. The SMILES string of the molecule is O=C(O)CCc1ccc(-c2cccs2)n1NC(=O)c1ccc(Br)cc1. The van der Waals surface area contributed by atoms with Gasteiger partial charge in [-0.2, -0.15) is 0 Å². The molecular formula is C18H15BrN2O3S. The summed E-state index contributed by atoms with van der Waals surface area (Å²) in [5.41, 5.74) is 4.99. The minimum absolute atomic E-state index is 0.00203. The second-order valence-corrected chi connectivity index (χ2v) is 7.23. The number of carbonyl (C=O) groups is 2. The normalized spacial score (nSPS) is 10.6. The zero-order valence-electron chi connectivity index (χ0n) is 13.1. The summed E-state index contributed by atoms with van der Waals surface area (Å²) < 4.78 is 2.57. The van der Waals surface area contributed by atoms with E-state index in [0.29, 0.717) is 12.0 Å². The number of aromatic nitrogens is 1. The number of halogens is 1. The zero-order valence-corrected chi connectivity index (χ0v) is 15.5. The summed E-state index contributed by atoms with van der Waals surface area (Å²) in [6.07, 6.45) is 0.337. The molecule has 3 rings (SSSR count). The van der Waals surface area contributed by atoms with Crippen LogP contribution < -0.4 is 5.43 Å². The van der Waals surface area contributed by atoms with Crippen molar-refractivity contribution in [1.29, 1.82) is 0 Å². The van der Waals surface area contributed by atoms with Crippen molar-refractivity contribution in [3.8, 4) is 10.6 Å². The summed E-state index contributed by atoms with van der Waals surface area (Å²) in [5, 5.41) is 10.9. The van der Waals surface area contributed by atoms with E-state index in [9.17, 15) is 9.59 Å². The van der Waals surface area contributed by atoms with Crippen molar-refractivity contribution >= 4 is 39.1 Å². The van der Waals surface area contributed by atoms with E-state index in [1.54, 1.807) is 40.3 Å². The van der Waals surface area contributed by atoms with Crippen molar-refractivity contribution in [3.05, 3.63) is 69.6 Å². The Morgan fingerprint density at radius 3 is 2.52 bits per heavy atom.